The topological polar surface area (TPSA) is 41.1 Å². The molecule has 1 atom stereocenters. The van der Waals surface area contributed by atoms with Crippen LogP contribution in [0.4, 0.5) is 14.9 Å². The molecule has 1 unspecified atom stereocenters. The number of hydrogen-bond acceptors (Lipinski definition) is 1. The van der Waals surface area contributed by atoms with Crippen LogP contribution in [0.25, 0.3) is 0 Å². The minimum absolute atomic E-state index is 0.0501. The molecule has 2 N–H and O–H groups in total. The second kappa shape index (κ2) is 4.72. The summed E-state index contributed by atoms with van der Waals surface area (Å²) in [5.74, 6) is -0.346. The number of anilines is 1. The normalized spacial score (nSPS) is 17.9. The van der Waals surface area contributed by atoms with Crippen molar-refractivity contribution in [3.8, 4) is 0 Å². The summed E-state index contributed by atoms with van der Waals surface area (Å²) in [4.78, 5) is 11.6. The Bertz CT molecular complexity index is 613. The second-order valence-electron chi connectivity index (χ2n) is 4.53. The Kier molecular flexibility index (Phi) is 2.91. The molecule has 1 heterocycles. The molecule has 0 fully saturated rings. The molecule has 3 rings (SSSR count). The van der Waals surface area contributed by atoms with Gasteiger partial charge in [0.05, 0.1) is 0 Å². The van der Waals surface area contributed by atoms with Crippen LogP contribution in [0.2, 0.25) is 0 Å². The van der Waals surface area contributed by atoms with E-state index in [1.54, 1.807) is 6.07 Å². The maximum absolute atomic E-state index is 13.5. The number of fused-ring (bicyclic) bond motifs is 1. The van der Waals surface area contributed by atoms with Crippen molar-refractivity contribution in [2.75, 3.05) is 11.9 Å². The molecular weight excluding hydrogens is 243 g/mol. The van der Waals surface area contributed by atoms with E-state index in [9.17, 15) is 9.18 Å². The minimum Gasteiger partial charge on any atom is -0.337 e. The van der Waals surface area contributed by atoms with Crippen LogP contribution in [0.5, 0.6) is 0 Å². The first-order valence-corrected chi connectivity index (χ1v) is 6.13. The third kappa shape index (κ3) is 2.29. The van der Waals surface area contributed by atoms with Crippen molar-refractivity contribution >= 4 is 11.7 Å². The van der Waals surface area contributed by atoms with E-state index >= 15 is 0 Å². The Hall–Kier alpha value is -2.36. The van der Waals surface area contributed by atoms with Gasteiger partial charge in [0.25, 0.3) is 0 Å². The van der Waals surface area contributed by atoms with Crippen molar-refractivity contribution in [2.45, 2.75) is 5.92 Å². The highest BCUT2D eigenvalue weighted by molar-refractivity contribution is 5.91. The van der Waals surface area contributed by atoms with Crippen LogP contribution in [-0.2, 0) is 0 Å². The smallest absolute Gasteiger partial charge is 0.319 e. The lowest BCUT2D eigenvalue weighted by atomic mass is 9.90. The van der Waals surface area contributed by atoms with Crippen LogP contribution >= 0.6 is 0 Å². The lowest BCUT2D eigenvalue weighted by Gasteiger charge is -2.17. The molecule has 2 amide bonds. The predicted octanol–water partition coefficient (Wildman–Crippen LogP) is 3.09. The highest BCUT2D eigenvalue weighted by atomic mass is 19.1. The number of halogens is 1. The molecule has 0 spiro atoms. The van der Waals surface area contributed by atoms with Gasteiger partial charge in [-0.2, -0.15) is 0 Å². The number of urea groups is 1. The molecule has 0 saturated carbocycles. The second-order valence-corrected chi connectivity index (χ2v) is 4.53. The van der Waals surface area contributed by atoms with Gasteiger partial charge in [0.2, 0.25) is 0 Å². The van der Waals surface area contributed by atoms with E-state index in [4.69, 9.17) is 0 Å². The molecule has 0 bridgehead atoms. The molecular formula is C15H13FN2O. The highest BCUT2D eigenvalue weighted by Crippen LogP contribution is 2.32. The van der Waals surface area contributed by atoms with E-state index in [-0.39, 0.29) is 17.8 Å². The summed E-state index contributed by atoms with van der Waals surface area (Å²) in [5.41, 5.74) is 2.51. The van der Waals surface area contributed by atoms with E-state index in [2.05, 4.69) is 10.6 Å². The van der Waals surface area contributed by atoms with E-state index in [1.807, 2.05) is 30.3 Å². The average molecular weight is 256 g/mol. The third-order valence-corrected chi connectivity index (χ3v) is 3.31. The quantitative estimate of drug-likeness (QED) is 0.808. The van der Waals surface area contributed by atoms with E-state index < -0.39 is 0 Å². The van der Waals surface area contributed by atoms with E-state index in [0.717, 1.165) is 11.1 Å². The van der Waals surface area contributed by atoms with Gasteiger partial charge < -0.3 is 10.6 Å². The number of amides is 2. The number of carbonyl (C=O) groups is 1. The molecule has 0 aromatic heterocycles. The van der Waals surface area contributed by atoms with Crippen LogP contribution in [0, 0.1) is 5.82 Å². The van der Waals surface area contributed by atoms with Gasteiger partial charge in [-0.1, -0.05) is 30.3 Å². The average Bonchev–Trinajstić information content (AvgIpc) is 2.58. The van der Waals surface area contributed by atoms with Crippen molar-refractivity contribution in [3.63, 3.8) is 0 Å². The molecule has 3 nitrogen and oxygen atoms in total. The third-order valence-electron chi connectivity index (χ3n) is 3.31. The van der Waals surface area contributed by atoms with Crippen LogP contribution < -0.4 is 10.6 Å². The summed E-state index contributed by atoms with van der Waals surface area (Å²) in [5, 5.41) is 5.52. The fourth-order valence-electron chi connectivity index (χ4n) is 2.39. The number of rotatable bonds is 1. The largest absolute Gasteiger partial charge is 0.337 e. The van der Waals surface area contributed by atoms with Gasteiger partial charge in [0.1, 0.15) is 5.82 Å². The molecule has 0 saturated heterocycles. The van der Waals surface area contributed by atoms with Crippen molar-refractivity contribution in [3.05, 3.63) is 65.5 Å². The van der Waals surface area contributed by atoms with Crippen LogP contribution in [0.1, 0.15) is 17.0 Å². The van der Waals surface area contributed by atoms with Gasteiger partial charge >= 0.3 is 6.03 Å². The highest BCUT2D eigenvalue weighted by Gasteiger charge is 2.23. The molecule has 0 aliphatic carbocycles. The molecule has 1 aliphatic rings. The lowest BCUT2D eigenvalue weighted by molar-refractivity contribution is 0.252. The lowest BCUT2D eigenvalue weighted by Crippen LogP contribution is -2.29. The summed E-state index contributed by atoms with van der Waals surface area (Å²) in [6, 6.07) is 14.0. The SMILES string of the molecule is O=C1NCC(c2ccccc2)c2cc(F)ccc2N1. The van der Waals surface area contributed by atoms with Gasteiger partial charge in [-0.15, -0.1) is 0 Å². The fraction of sp³-hybridized carbons (Fsp3) is 0.133. The molecule has 4 heteroatoms. The van der Waals surface area contributed by atoms with Gasteiger partial charge in [0, 0.05) is 18.2 Å². The Morgan fingerprint density at radius 1 is 1.11 bits per heavy atom. The molecule has 19 heavy (non-hydrogen) atoms. The summed E-state index contributed by atoms with van der Waals surface area (Å²) in [7, 11) is 0. The van der Waals surface area contributed by atoms with E-state index in [1.165, 1.54) is 12.1 Å². The van der Waals surface area contributed by atoms with Crippen molar-refractivity contribution in [1.82, 2.24) is 5.32 Å². The van der Waals surface area contributed by atoms with Crippen molar-refractivity contribution < 1.29 is 9.18 Å². The van der Waals surface area contributed by atoms with Crippen LogP contribution in [0.15, 0.2) is 48.5 Å². The summed E-state index contributed by atoms with van der Waals surface area (Å²) in [6.07, 6.45) is 0. The number of hydrogen-bond donors (Lipinski definition) is 2. The molecule has 1 aliphatic heterocycles. The maximum atomic E-state index is 13.5. The zero-order valence-corrected chi connectivity index (χ0v) is 10.2. The maximum Gasteiger partial charge on any atom is 0.319 e. The zero-order valence-electron chi connectivity index (χ0n) is 10.2. The number of nitrogens with one attached hydrogen (secondary N) is 2. The first-order chi connectivity index (χ1) is 9.24. The van der Waals surface area contributed by atoms with Gasteiger partial charge in [-0.05, 0) is 29.3 Å². The molecule has 0 radical (unpaired) electrons. The van der Waals surface area contributed by atoms with E-state index in [0.29, 0.717) is 12.2 Å². The molecule has 2 aromatic carbocycles. The summed E-state index contributed by atoms with van der Waals surface area (Å²) < 4.78 is 13.5. The van der Waals surface area contributed by atoms with Crippen LogP contribution in [-0.4, -0.2) is 12.6 Å². The molecule has 96 valence electrons. The number of carbonyl (C=O) groups excluding carboxylic acids is 1. The Morgan fingerprint density at radius 3 is 2.68 bits per heavy atom. The standard InChI is InChI=1S/C15H13FN2O/c16-11-6-7-14-12(8-11)13(9-17-15(19)18-14)10-4-2-1-3-5-10/h1-8,13H,9H2,(H2,17,18,19). The molecule has 2 aromatic rings. The van der Waals surface area contributed by atoms with Crippen LogP contribution in [0.3, 0.4) is 0 Å². The minimum atomic E-state index is -0.296. The Labute approximate surface area is 110 Å². The van der Waals surface area contributed by atoms with Crippen molar-refractivity contribution in [2.24, 2.45) is 0 Å². The monoisotopic (exact) mass is 256 g/mol. The van der Waals surface area contributed by atoms with Gasteiger partial charge in [0.15, 0.2) is 0 Å². The summed E-state index contributed by atoms with van der Waals surface area (Å²) in [6.45, 7) is 0.451. The number of benzene rings is 2. The first-order valence-electron chi connectivity index (χ1n) is 6.13. The summed E-state index contributed by atoms with van der Waals surface area (Å²) >= 11 is 0. The zero-order chi connectivity index (χ0) is 13.2. The van der Waals surface area contributed by atoms with Crippen molar-refractivity contribution in [1.29, 1.82) is 0 Å². The fourth-order valence-corrected chi connectivity index (χ4v) is 2.39. The van der Waals surface area contributed by atoms with Gasteiger partial charge in [-0.25, -0.2) is 9.18 Å². The Morgan fingerprint density at radius 2 is 1.89 bits per heavy atom. The predicted molar refractivity (Wildman–Crippen MR) is 71.7 cm³/mol. The first kappa shape index (κ1) is 11.7. The van der Waals surface area contributed by atoms with Gasteiger partial charge in [-0.3, -0.25) is 0 Å². The Balaban J connectivity index is 2.11.